The predicted molar refractivity (Wildman–Crippen MR) is 64.6 cm³/mol. The molecule has 0 atom stereocenters. The second-order valence-corrected chi connectivity index (χ2v) is 5.73. The third-order valence-electron chi connectivity index (χ3n) is 2.70. The van der Waals surface area contributed by atoms with Gasteiger partial charge in [-0.3, -0.25) is 0 Å². The lowest BCUT2D eigenvalue weighted by atomic mass is 9.75. The number of rotatable bonds is 1. The molecule has 1 fully saturated rings. The molecule has 0 saturated heterocycles. The largest absolute Gasteiger partial charge is 0.385 e. The molecule has 1 aliphatic carbocycles. The van der Waals surface area contributed by atoms with E-state index < -0.39 is 5.60 Å². The summed E-state index contributed by atoms with van der Waals surface area (Å²) in [4.78, 5) is 0. The first-order valence-electron chi connectivity index (χ1n) is 4.40. The Hall–Kier alpha value is 0.430. The average Bonchev–Trinajstić information content (AvgIpc) is 2.09. The second-order valence-electron chi connectivity index (χ2n) is 3.64. The van der Waals surface area contributed by atoms with Gasteiger partial charge < -0.3 is 5.11 Å². The van der Waals surface area contributed by atoms with Gasteiger partial charge in [-0.25, -0.2) is 0 Å². The molecule has 0 aliphatic heterocycles. The van der Waals surface area contributed by atoms with E-state index in [1.165, 1.54) is 0 Å². The molecule has 0 radical (unpaired) electrons. The van der Waals surface area contributed by atoms with Crippen molar-refractivity contribution in [1.29, 1.82) is 0 Å². The van der Waals surface area contributed by atoms with Crippen molar-refractivity contribution in [2.45, 2.75) is 24.9 Å². The van der Waals surface area contributed by atoms with Crippen LogP contribution < -0.4 is 0 Å². The monoisotopic (exact) mass is 338 g/mol. The van der Waals surface area contributed by atoms with Gasteiger partial charge in [-0.15, -0.1) is 0 Å². The Kier molecular flexibility index (Phi) is 2.95. The van der Waals surface area contributed by atoms with E-state index in [1.807, 2.05) is 12.1 Å². The Bertz CT molecular complexity index is 351. The first kappa shape index (κ1) is 10.9. The molecule has 1 aromatic carbocycles. The molecule has 0 amide bonds. The van der Waals surface area contributed by atoms with Crippen LogP contribution in [0.3, 0.4) is 0 Å². The molecule has 2 rings (SSSR count). The van der Waals surface area contributed by atoms with Gasteiger partial charge in [0.25, 0.3) is 0 Å². The van der Waals surface area contributed by atoms with E-state index in [9.17, 15) is 5.11 Å². The minimum Gasteiger partial charge on any atom is -0.385 e. The summed E-state index contributed by atoms with van der Waals surface area (Å²) in [5.41, 5.74) is 0.308. The van der Waals surface area contributed by atoms with Crippen LogP contribution in [0, 0.1) is 0 Å². The van der Waals surface area contributed by atoms with Gasteiger partial charge in [0.15, 0.2) is 0 Å². The zero-order valence-electron chi connectivity index (χ0n) is 7.36. The number of hydrogen-bond acceptors (Lipinski definition) is 1. The van der Waals surface area contributed by atoms with Crippen molar-refractivity contribution in [2.24, 2.45) is 0 Å². The number of aliphatic hydroxyl groups is 1. The van der Waals surface area contributed by atoms with Gasteiger partial charge in [-0.1, -0.05) is 11.6 Å². The van der Waals surface area contributed by atoms with E-state index in [1.54, 1.807) is 0 Å². The van der Waals surface area contributed by atoms with Crippen LogP contribution in [0.5, 0.6) is 0 Å². The summed E-state index contributed by atoms with van der Waals surface area (Å²) < 4.78 is 1.65. The van der Waals surface area contributed by atoms with E-state index >= 15 is 0 Å². The van der Waals surface area contributed by atoms with Crippen molar-refractivity contribution in [3.8, 4) is 0 Å². The van der Waals surface area contributed by atoms with E-state index in [0.29, 0.717) is 5.02 Å². The summed E-state index contributed by atoms with van der Waals surface area (Å²) in [5.74, 6) is 0. The summed E-state index contributed by atoms with van der Waals surface area (Å²) in [7, 11) is 0. The minimum absolute atomic E-state index is 0.629. The van der Waals surface area contributed by atoms with Crippen LogP contribution >= 0.6 is 43.5 Å². The molecule has 76 valence electrons. The molecule has 0 unspecified atom stereocenters. The average molecular weight is 340 g/mol. The highest BCUT2D eigenvalue weighted by molar-refractivity contribution is 9.11. The van der Waals surface area contributed by atoms with Gasteiger partial charge in [-0.2, -0.15) is 0 Å². The summed E-state index contributed by atoms with van der Waals surface area (Å²) >= 11 is 12.7. The van der Waals surface area contributed by atoms with Crippen molar-refractivity contribution < 1.29 is 5.11 Å². The zero-order chi connectivity index (χ0) is 10.3. The third kappa shape index (κ3) is 1.75. The van der Waals surface area contributed by atoms with E-state index in [0.717, 1.165) is 33.8 Å². The van der Waals surface area contributed by atoms with Crippen molar-refractivity contribution >= 4 is 43.5 Å². The maximum Gasteiger partial charge on any atom is 0.0897 e. The molecule has 1 aromatic rings. The minimum atomic E-state index is -0.629. The number of hydrogen-bond donors (Lipinski definition) is 1. The lowest BCUT2D eigenvalue weighted by Crippen LogP contribution is -2.33. The van der Waals surface area contributed by atoms with Gasteiger partial charge >= 0.3 is 0 Å². The normalized spacial score (nSPS) is 19.1. The summed E-state index contributed by atoms with van der Waals surface area (Å²) in [6, 6.07) is 3.79. The quantitative estimate of drug-likeness (QED) is 0.758. The SMILES string of the molecule is OC1(c2cc(Br)c(Cl)c(Br)c2)CCC1. The Balaban J connectivity index is 2.45. The van der Waals surface area contributed by atoms with E-state index in [-0.39, 0.29) is 0 Å². The molecule has 0 spiro atoms. The molecule has 1 saturated carbocycles. The predicted octanol–water partition coefficient (Wildman–Crippen LogP) is 4.24. The van der Waals surface area contributed by atoms with Gasteiger partial charge in [0.2, 0.25) is 0 Å². The highest BCUT2D eigenvalue weighted by Crippen LogP contribution is 2.44. The third-order valence-corrected chi connectivity index (χ3v) is 4.82. The number of halogens is 3. The fraction of sp³-hybridized carbons (Fsp3) is 0.400. The van der Waals surface area contributed by atoms with Gasteiger partial charge in [0.05, 0.1) is 10.6 Å². The second kappa shape index (κ2) is 3.78. The Morgan fingerprint density at radius 3 is 2.07 bits per heavy atom. The lowest BCUT2D eigenvalue weighted by Gasteiger charge is -2.37. The maximum atomic E-state index is 10.1. The highest BCUT2D eigenvalue weighted by Gasteiger charge is 2.36. The van der Waals surface area contributed by atoms with Gasteiger partial charge in [-0.05, 0) is 68.8 Å². The fourth-order valence-corrected chi connectivity index (χ4v) is 2.92. The van der Waals surface area contributed by atoms with Crippen LogP contribution in [-0.2, 0) is 5.60 Å². The molecule has 0 bridgehead atoms. The fourth-order valence-electron chi connectivity index (χ4n) is 1.62. The van der Waals surface area contributed by atoms with E-state index in [2.05, 4.69) is 31.9 Å². The van der Waals surface area contributed by atoms with Crippen molar-refractivity contribution in [1.82, 2.24) is 0 Å². The summed E-state index contributed by atoms with van der Waals surface area (Å²) in [6.07, 6.45) is 2.77. The van der Waals surface area contributed by atoms with Crippen LogP contribution in [0.25, 0.3) is 0 Å². The first-order valence-corrected chi connectivity index (χ1v) is 6.37. The first-order chi connectivity index (χ1) is 6.53. The number of benzene rings is 1. The molecule has 1 nitrogen and oxygen atoms in total. The van der Waals surface area contributed by atoms with Crippen LogP contribution in [0.4, 0.5) is 0 Å². The molecule has 1 N–H and O–H groups in total. The molecule has 0 aromatic heterocycles. The van der Waals surface area contributed by atoms with Crippen LogP contribution in [-0.4, -0.2) is 5.11 Å². The van der Waals surface area contributed by atoms with E-state index in [4.69, 9.17) is 11.6 Å². The van der Waals surface area contributed by atoms with Crippen molar-refractivity contribution in [3.05, 3.63) is 31.7 Å². The maximum absolute atomic E-state index is 10.1. The van der Waals surface area contributed by atoms with Crippen LogP contribution in [0.1, 0.15) is 24.8 Å². The molecular weight excluding hydrogens is 331 g/mol. The Labute approximate surface area is 105 Å². The zero-order valence-corrected chi connectivity index (χ0v) is 11.3. The molecule has 0 heterocycles. The van der Waals surface area contributed by atoms with Gasteiger partial charge in [0.1, 0.15) is 0 Å². The van der Waals surface area contributed by atoms with Crippen LogP contribution in [0.2, 0.25) is 5.02 Å². The lowest BCUT2D eigenvalue weighted by molar-refractivity contribution is -0.0388. The molecule has 4 heteroatoms. The van der Waals surface area contributed by atoms with Crippen molar-refractivity contribution in [2.75, 3.05) is 0 Å². The smallest absolute Gasteiger partial charge is 0.0897 e. The van der Waals surface area contributed by atoms with Crippen molar-refractivity contribution in [3.63, 3.8) is 0 Å². The Morgan fingerprint density at radius 1 is 1.21 bits per heavy atom. The Morgan fingerprint density at radius 2 is 1.71 bits per heavy atom. The topological polar surface area (TPSA) is 20.2 Å². The van der Waals surface area contributed by atoms with Gasteiger partial charge in [0, 0.05) is 8.95 Å². The summed E-state index contributed by atoms with van der Waals surface area (Å²) in [6.45, 7) is 0. The summed E-state index contributed by atoms with van der Waals surface area (Å²) in [5, 5.41) is 10.8. The molecular formula is C10H9Br2ClO. The highest BCUT2D eigenvalue weighted by atomic mass is 79.9. The molecule has 1 aliphatic rings. The molecule has 14 heavy (non-hydrogen) atoms. The standard InChI is InChI=1S/C10H9Br2ClO/c11-7-4-6(5-8(12)9(7)13)10(14)2-1-3-10/h4-5,14H,1-3H2. The van der Waals surface area contributed by atoms with Crippen LogP contribution in [0.15, 0.2) is 21.1 Å².